The molecule has 1 heterocycles. The molecule has 25 heavy (non-hydrogen) atoms. The SMILES string of the molecule is CNc1nc(-c2cccc(NC(=O)[C@@H]3C[C@H]3c3ccccc3)c2)cs1. The van der Waals surface area contributed by atoms with Crippen LogP contribution in [0.2, 0.25) is 0 Å². The second kappa shape index (κ2) is 6.69. The van der Waals surface area contributed by atoms with Gasteiger partial charge in [0.15, 0.2) is 5.13 Å². The maximum absolute atomic E-state index is 12.5. The Kier molecular flexibility index (Phi) is 4.24. The molecule has 0 aliphatic heterocycles. The van der Waals surface area contributed by atoms with E-state index >= 15 is 0 Å². The zero-order valence-corrected chi connectivity index (χ0v) is 14.7. The highest BCUT2D eigenvalue weighted by molar-refractivity contribution is 7.14. The third-order valence-electron chi connectivity index (χ3n) is 4.50. The number of thiazole rings is 1. The van der Waals surface area contributed by atoms with Gasteiger partial charge < -0.3 is 10.6 Å². The molecule has 5 heteroatoms. The Morgan fingerprint density at radius 3 is 2.76 bits per heavy atom. The van der Waals surface area contributed by atoms with Crippen LogP contribution >= 0.6 is 11.3 Å². The predicted octanol–water partition coefficient (Wildman–Crippen LogP) is 4.59. The Bertz CT molecular complexity index is 891. The van der Waals surface area contributed by atoms with Crippen molar-refractivity contribution in [3.63, 3.8) is 0 Å². The summed E-state index contributed by atoms with van der Waals surface area (Å²) in [7, 11) is 1.86. The summed E-state index contributed by atoms with van der Waals surface area (Å²) in [6.07, 6.45) is 0.924. The van der Waals surface area contributed by atoms with Crippen LogP contribution in [0.5, 0.6) is 0 Å². The van der Waals surface area contributed by atoms with E-state index in [1.165, 1.54) is 5.56 Å². The van der Waals surface area contributed by atoms with Crippen molar-refractivity contribution in [3.8, 4) is 11.3 Å². The fourth-order valence-corrected chi connectivity index (χ4v) is 3.75. The van der Waals surface area contributed by atoms with E-state index in [2.05, 4.69) is 27.8 Å². The van der Waals surface area contributed by atoms with Gasteiger partial charge in [0.25, 0.3) is 0 Å². The van der Waals surface area contributed by atoms with Gasteiger partial charge in [-0.1, -0.05) is 42.5 Å². The Hall–Kier alpha value is -2.66. The maximum atomic E-state index is 12.5. The molecule has 4 nitrogen and oxygen atoms in total. The van der Waals surface area contributed by atoms with Gasteiger partial charge in [0.2, 0.25) is 5.91 Å². The highest BCUT2D eigenvalue weighted by atomic mass is 32.1. The molecule has 1 aromatic heterocycles. The number of hydrogen-bond donors (Lipinski definition) is 2. The van der Waals surface area contributed by atoms with Gasteiger partial charge >= 0.3 is 0 Å². The first-order valence-corrected chi connectivity index (χ1v) is 9.22. The fourth-order valence-electron chi connectivity index (χ4n) is 3.07. The Labute approximate surface area is 150 Å². The fraction of sp³-hybridized carbons (Fsp3) is 0.200. The molecule has 0 saturated heterocycles. The highest BCUT2D eigenvalue weighted by Crippen LogP contribution is 2.47. The van der Waals surface area contributed by atoms with Crippen molar-refractivity contribution in [3.05, 3.63) is 65.5 Å². The topological polar surface area (TPSA) is 54.0 Å². The van der Waals surface area contributed by atoms with E-state index in [-0.39, 0.29) is 11.8 Å². The number of hydrogen-bond acceptors (Lipinski definition) is 4. The average Bonchev–Trinajstić information content (AvgIpc) is 3.32. The molecular formula is C20H19N3OS. The van der Waals surface area contributed by atoms with Gasteiger partial charge in [0, 0.05) is 29.6 Å². The molecule has 0 spiro atoms. The second-order valence-electron chi connectivity index (χ2n) is 6.22. The smallest absolute Gasteiger partial charge is 0.228 e. The summed E-state index contributed by atoms with van der Waals surface area (Å²) in [6, 6.07) is 18.1. The van der Waals surface area contributed by atoms with Crippen molar-refractivity contribution >= 4 is 28.1 Å². The van der Waals surface area contributed by atoms with Gasteiger partial charge in [0.1, 0.15) is 0 Å². The van der Waals surface area contributed by atoms with Gasteiger partial charge in [0.05, 0.1) is 5.69 Å². The first-order chi connectivity index (χ1) is 12.2. The van der Waals surface area contributed by atoms with E-state index in [4.69, 9.17) is 0 Å². The van der Waals surface area contributed by atoms with Crippen LogP contribution in [0.1, 0.15) is 17.9 Å². The first kappa shape index (κ1) is 15.8. The van der Waals surface area contributed by atoms with Crippen LogP contribution in [0.15, 0.2) is 60.0 Å². The van der Waals surface area contributed by atoms with Crippen molar-refractivity contribution in [1.82, 2.24) is 4.98 Å². The van der Waals surface area contributed by atoms with Crippen LogP contribution in [0, 0.1) is 5.92 Å². The molecule has 126 valence electrons. The Balaban J connectivity index is 1.45. The van der Waals surface area contributed by atoms with Gasteiger partial charge in [-0.05, 0) is 30.0 Å². The minimum atomic E-state index is 0.0706. The van der Waals surface area contributed by atoms with Crippen molar-refractivity contribution < 1.29 is 4.79 Å². The van der Waals surface area contributed by atoms with Crippen LogP contribution in [0.3, 0.4) is 0 Å². The lowest BCUT2D eigenvalue weighted by Crippen LogP contribution is -2.14. The molecule has 0 bridgehead atoms. The lowest BCUT2D eigenvalue weighted by Gasteiger charge is -2.07. The third kappa shape index (κ3) is 3.42. The number of anilines is 2. The number of carbonyl (C=O) groups is 1. The van der Waals surface area contributed by atoms with E-state index in [0.717, 1.165) is 28.5 Å². The number of carbonyl (C=O) groups excluding carboxylic acids is 1. The van der Waals surface area contributed by atoms with Crippen LogP contribution in [0.4, 0.5) is 10.8 Å². The Morgan fingerprint density at radius 1 is 1.16 bits per heavy atom. The molecule has 4 rings (SSSR count). The lowest BCUT2D eigenvalue weighted by molar-refractivity contribution is -0.117. The van der Waals surface area contributed by atoms with Gasteiger partial charge in [-0.25, -0.2) is 4.98 Å². The first-order valence-electron chi connectivity index (χ1n) is 8.34. The highest BCUT2D eigenvalue weighted by Gasteiger charge is 2.43. The molecule has 2 atom stereocenters. The number of benzene rings is 2. The number of amides is 1. The average molecular weight is 349 g/mol. The van der Waals surface area contributed by atoms with Crippen LogP contribution in [0.25, 0.3) is 11.3 Å². The lowest BCUT2D eigenvalue weighted by atomic mass is 10.1. The standard InChI is InChI=1S/C20H19N3OS/c1-21-20-23-18(12-25-20)14-8-5-9-15(10-14)22-19(24)17-11-16(17)13-6-3-2-4-7-13/h2-10,12,16-17H,11H2,1H3,(H,21,23)(H,22,24)/t16-,17+/m0/s1. The summed E-state index contributed by atoms with van der Waals surface area (Å²) < 4.78 is 0. The summed E-state index contributed by atoms with van der Waals surface area (Å²) in [5.41, 5.74) is 3.99. The maximum Gasteiger partial charge on any atom is 0.228 e. The number of nitrogens with zero attached hydrogens (tertiary/aromatic N) is 1. The molecule has 3 aromatic rings. The van der Waals surface area contributed by atoms with E-state index in [9.17, 15) is 4.79 Å². The number of nitrogens with one attached hydrogen (secondary N) is 2. The van der Waals surface area contributed by atoms with E-state index in [1.807, 2.05) is 54.9 Å². The minimum absolute atomic E-state index is 0.0706. The summed E-state index contributed by atoms with van der Waals surface area (Å²) in [4.78, 5) is 17.0. The molecule has 2 aromatic carbocycles. The normalized spacial score (nSPS) is 18.6. The van der Waals surface area contributed by atoms with E-state index in [1.54, 1.807) is 11.3 Å². The summed E-state index contributed by atoms with van der Waals surface area (Å²) in [5, 5.41) is 9.00. The molecule has 1 aliphatic carbocycles. The monoisotopic (exact) mass is 349 g/mol. The quantitative estimate of drug-likeness (QED) is 0.708. The zero-order valence-electron chi connectivity index (χ0n) is 13.9. The van der Waals surface area contributed by atoms with Crippen molar-refractivity contribution in [1.29, 1.82) is 0 Å². The van der Waals surface area contributed by atoms with E-state index in [0.29, 0.717) is 5.92 Å². The number of rotatable bonds is 5. The van der Waals surface area contributed by atoms with Crippen LogP contribution in [-0.4, -0.2) is 17.9 Å². The summed E-state index contributed by atoms with van der Waals surface area (Å²) in [6.45, 7) is 0. The zero-order chi connectivity index (χ0) is 17.2. The van der Waals surface area contributed by atoms with Gasteiger partial charge in [-0.3, -0.25) is 4.79 Å². The van der Waals surface area contributed by atoms with Crippen LogP contribution in [-0.2, 0) is 4.79 Å². The third-order valence-corrected chi connectivity index (χ3v) is 5.36. The molecule has 1 aliphatic rings. The van der Waals surface area contributed by atoms with Gasteiger partial charge in [-0.2, -0.15) is 0 Å². The molecule has 0 radical (unpaired) electrons. The van der Waals surface area contributed by atoms with Crippen molar-refractivity contribution in [2.24, 2.45) is 5.92 Å². The van der Waals surface area contributed by atoms with Gasteiger partial charge in [-0.15, -0.1) is 11.3 Å². The predicted molar refractivity (Wildman–Crippen MR) is 103 cm³/mol. The number of aromatic nitrogens is 1. The molecule has 1 saturated carbocycles. The molecule has 1 amide bonds. The molecular weight excluding hydrogens is 330 g/mol. The summed E-state index contributed by atoms with van der Waals surface area (Å²) >= 11 is 1.57. The largest absolute Gasteiger partial charge is 0.365 e. The molecule has 2 N–H and O–H groups in total. The van der Waals surface area contributed by atoms with E-state index < -0.39 is 0 Å². The second-order valence-corrected chi connectivity index (χ2v) is 7.08. The van der Waals surface area contributed by atoms with Crippen molar-refractivity contribution in [2.75, 3.05) is 17.7 Å². The van der Waals surface area contributed by atoms with Crippen molar-refractivity contribution in [2.45, 2.75) is 12.3 Å². The molecule has 1 fully saturated rings. The molecule has 0 unspecified atom stereocenters. The summed E-state index contributed by atoms with van der Waals surface area (Å²) in [5.74, 6) is 0.516. The minimum Gasteiger partial charge on any atom is -0.365 e. The Morgan fingerprint density at radius 2 is 2.00 bits per heavy atom. The van der Waals surface area contributed by atoms with Crippen LogP contribution < -0.4 is 10.6 Å².